The molecule has 0 aliphatic carbocycles. The number of hydrogen-bond acceptors (Lipinski definition) is 5. The number of carbonyl (C=O) groups is 1. The largest absolute Gasteiger partial charge is 0.368 e. The lowest BCUT2D eigenvalue weighted by molar-refractivity contribution is -0.185. The van der Waals surface area contributed by atoms with Crippen LogP contribution in [0.15, 0.2) is 0 Å². The van der Waals surface area contributed by atoms with Crippen molar-refractivity contribution in [2.45, 2.75) is 47.8 Å². The van der Waals surface area contributed by atoms with Crippen LogP contribution in [0.2, 0.25) is 0 Å². The van der Waals surface area contributed by atoms with E-state index in [1.165, 1.54) is 6.92 Å². The molecule has 0 N–H and O–H groups in total. The molecule has 0 aromatic rings. The van der Waals surface area contributed by atoms with Gasteiger partial charge >= 0.3 is 5.97 Å². The van der Waals surface area contributed by atoms with E-state index in [4.69, 9.17) is 14.3 Å². The normalized spacial score (nSPS) is 10.1. The molecule has 0 aliphatic heterocycles. The molecule has 17 heavy (non-hydrogen) atoms. The van der Waals surface area contributed by atoms with Crippen molar-refractivity contribution in [1.29, 1.82) is 0 Å². The zero-order chi connectivity index (χ0) is 13.7. The smallest absolute Gasteiger partial charge is 0.322 e. The summed E-state index contributed by atoms with van der Waals surface area (Å²) in [5.41, 5.74) is 0. The minimum Gasteiger partial charge on any atom is -0.368 e. The maximum atomic E-state index is 10.3. The van der Waals surface area contributed by atoms with Gasteiger partial charge in [0.1, 0.15) is 0 Å². The number of nitrogens with zero attached hydrogens (tertiary/aromatic N) is 1. The summed E-state index contributed by atoms with van der Waals surface area (Å²) in [4.78, 5) is 15.1. The minimum atomic E-state index is -0.251. The van der Waals surface area contributed by atoms with Crippen molar-refractivity contribution in [2.75, 3.05) is 26.3 Å². The molecule has 0 bridgehead atoms. The molecular formula is C12H27NO4. The maximum Gasteiger partial charge on any atom is 0.322 e. The second-order valence-electron chi connectivity index (χ2n) is 3.18. The molecule has 0 aliphatic rings. The van der Waals surface area contributed by atoms with E-state index in [1.807, 2.05) is 34.6 Å². The van der Waals surface area contributed by atoms with Crippen molar-refractivity contribution in [3.63, 3.8) is 0 Å². The Morgan fingerprint density at radius 3 is 1.65 bits per heavy atom. The van der Waals surface area contributed by atoms with Crippen LogP contribution in [0, 0.1) is 0 Å². The first kappa shape index (κ1) is 18.7. The van der Waals surface area contributed by atoms with Crippen LogP contribution in [-0.4, -0.2) is 43.6 Å². The van der Waals surface area contributed by atoms with Gasteiger partial charge in [-0.2, -0.15) is 0 Å². The number of rotatable bonds is 7. The van der Waals surface area contributed by atoms with Gasteiger partial charge in [0.05, 0.1) is 0 Å². The van der Waals surface area contributed by atoms with E-state index >= 15 is 0 Å². The third kappa shape index (κ3) is 15.4. The molecule has 5 heteroatoms. The number of hydroxylamine groups is 2. The molecule has 0 heterocycles. The quantitative estimate of drug-likeness (QED) is 0.511. The van der Waals surface area contributed by atoms with Crippen molar-refractivity contribution < 1.29 is 19.1 Å². The van der Waals surface area contributed by atoms with Crippen molar-refractivity contribution in [3.05, 3.63) is 0 Å². The molecular weight excluding hydrogens is 222 g/mol. The Labute approximate surface area is 105 Å². The van der Waals surface area contributed by atoms with Gasteiger partial charge in [-0.15, -0.1) is 5.06 Å². The summed E-state index contributed by atoms with van der Waals surface area (Å²) in [6.45, 7) is 14.0. The summed E-state index contributed by atoms with van der Waals surface area (Å²) in [5, 5.41) is 1.60. The fourth-order valence-corrected chi connectivity index (χ4v) is 1.05. The van der Waals surface area contributed by atoms with Gasteiger partial charge in [-0.1, -0.05) is 0 Å². The Hall–Kier alpha value is -0.650. The molecule has 5 nitrogen and oxygen atoms in total. The second kappa shape index (κ2) is 13.4. The predicted molar refractivity (Wildman–Crippen MR) is 67.4 cm³/mol. The Kier molecular flexibility index (Phi) is 14.8. The Bertz CT molecular complexity index is 166. The molecule has 0 aromatic heterocycles. The first-order valence-electron chi connectivity index (χ1n) is 6.18. The highest BCUT2D eigenvalue weighted by Gasteiger charge is 2.00. The molecule has 0 saturated heterocycles. The molecule has 0 aromatic carbocycles. The lowest BCUT2D eigenvalue weighted by Gasteiger charge is -2.15. The van der Waals surface area contributed by atoms with E-state index in [9.17, 15) is 4.79 Å². The monoisotopic (exact) mass is 249 g/mol. The fraction of sp³-hybridized carbons (Fsp3) is 0.917. The molecule has 0 atom stereocenters. The molecule has 0 amide bonds. The minimum absolute atomic E-state index is 0.0370. The highest BCUT2D eigenvalue weighted by molar-refractivity contribution is 5.65. The zero-order valence-electron chi connectivity index (χ0n) is 12.0. The van der Waals surface area contributed by atoms with Gasteiger partial charge in [-0.25, -0.2) is 0 Å². The topological polar surface area (TPSA) is 48.0 Å². The number of hydrogen-bond donors (Lipinski definition) is 0. The number of carbonyl (C=O) groups excluding carboxylic acids is 1. The van der Waals surface area contributed by atoms with Crippen LogP contribution in [0.1, 0.15) is 41.5 Å². The van der Waals surface area contributed by atoms with Gasteiger partial charge in [-0.3, -0.25) is 4.79 Å². The molecule has 0 saturated carbocycles. The molecule has 0 fully saturated rings. The van der Waals surface area contributed by atoms with Gasteiger partial charge < -0.3 is 14.3 Å². The van der Waals surface area contributed by atoms with Crippen LogP contribution in [0.3, 0.4) is 0 Å². The standard InChI is InChI=1S/C6H13NO2.C6H14O2/c1-4-7(5-2)9-6(3)8;1-4-7-6(3)8-5-2/h4-5H2,1-3H3;6H,4-5H2,1-3H3. The van der Waals surface area contributed by atoms with Crippen molar-refractivity contribution in [2.24, 2.45) is 0 Å². The predicted octanol–water partition coefficient (Wildman–Crippen LogP) is 2.21. The van der Waals surface area contributed by atoms with E-state index in [0.29, 0.717) is 0 Å². The van der Waals surface area contributed by atoms with E-state index in [0.717, 1.165) is 26.3 Å². The summed E-state index contributed by atoms with van der Waals surface area (Å²) < 4.78 is 10.1. The first-order chi connectivity index (χ1) is 8.01. The second-order valence-corrected chi connectivity index (χ2v) is 3.18. The maximum absolute atomic E-state index is 10.3. The third-order valence-electron chi connectivity index (χ3n) is 1.77. The van der Waals surface area contributed by atoms with Gasteiger partial charge in [0.15, 0.2) is 6.29 Å². The average Bonchev–Trinajstić information content (AvgIpc) is 2.27. The van der Waals surface area contributed by atoms with Gasteiger partial charge in [-0.05, 0) is 34.6 Å². The SMILES string of the molecule is CCN(CC)OC(C)=O.CCOC(C)OCC. The third-order valence-corrected chi connectivity index (χ3v) is 1.77. The summed E-state index contributed by atoms with van der Waals surface area (Å²) >= 11 is 0. The van der Waals surface area contributed by atoms with E-state index in [2.05, 4.69) is 0 Å². The van der Waals surface area contributed by atoms with Gasteiger partial charge in [0, 0.05) is 33.2 Å². The highest BCUT2D eigenvalue weighted by Crippen LogP contribution is 1.90. The number of ether oxygens (including phenoxy) is 2. The van der Waals surface area contributed by atoms with E-state index in [-0.39, 0.29) is 12.3 Å². The van der Waals surface area contributed by atoms with Crippen molar-refractivity contribution >= 4 is 5.97 Å². The van der Waals surface area contributed by atoms with Crippen LogP contribution in [-0.2, 0) is 19.1 Å². The summed E-state index contributed by atoms with van der Waals surface area (Å²) in [5.74, 6) is -0.251. The van der Waals surface area contributed by atoms with Crippen LogP contribution in [0.5, 0.6) is 0 Å². The molecule has 0 radical (unpaired) electrons. The van der Waals surface area contributed by atoms with Gasteiger partial charge in [0.2, 0.25) is 0 Å². The Balaban J connectivity index is 0. The Morgan fingerprint density at radius 2 is 1.47 bits per heavy atom. The first-order valence-corrected chi connectivity index (χ1v) is 6.18. The molecule has 0 rings (SSSR count). The molecule has 0 unspecified atom stereocenters. The molecule has 0 spiro atoms. The highest BCUT2D eigenvalue weighted by atomic mass is 16.7. The van der Waals surface area contributed by atoms with E-state index < -0.39 is 0 Å². The Morgan fingerprint density at radius 1 is 1.06 bits per heavy atom. The fourth-order valence-electron chi connectivity index (χ4n) is 1.05. The average molecular weight is 249 g/mol. The van der Waals surface area contributed by atoms with Crippen molar-refractivity contribution in [3.8, 4) is 0 Å². The van der Waals surface area contributed by atoms with Crippen LogP contribution in [0.4, 0.5) is 0 Å². The lowest BCUT2D eigenvalue weighted by atomic mass is 10.6. The summed E-state index contributed by atoms with van der Waals surface area (Å²) in [6.07, 6.45) is -0.0370. The lowest BCUT2D eigenvalue weighted by Crippen LogP contribution is -2.25. The molecule has 104 valence electrons. The zero-order valence-corrected chi connectivity index (χ0v) is 12.0. The summed E-state index contributed by atoms with van der Waals surface area (Å²) in [7, 11) is 0. The van der Waals surface area contributed by atoms with Crippen LogP contribution in [0.25, 0.3) is 0 Å². The van der Waals surface area contributed by atoms with Gasteiger partial charge in [0.25, 0.3) is 0 Å². The van der Waals surface area contributed by atoms with E-state index in [1.54, 1.807) is 5.06 Å². The van der Waals surface area contributed by atoms with Crippen LogP contribution >= 0.6 is 0 Å². The van der Waals surface area contributed by atoms with Crippen molar-refractivity contribution in [1.82, 2.24) is 5.06 Å². The summed E-state index contributed by atoms with van der Waals surface area (Å²) in [6, 6.07) is 0. The van der Waals surface area contributed by atoms with Crippen LogP contribution < -0.4 is 0 Å².